The number of halogens is 1. The van der Waals surface area contributed by atoms with Crippen LogP contribution in [0.25, 0.3) is 0 Å². The quantitative estimate of drug-likeness (QED) is 0.641. The maximum Gasteiger partial charge on any atom is 0.253 e. The van der Waals surface area contributed by atoms with Gasteiger partial charge in [0.25, 0.3) is 5.91 Å². The lowest BCUT2D eigenvalue weighted by atomic mass is 10.1. The summed E-state index contributed by atoms with van der Waals surface area (Å²) in [6.45, 7) is 1.91. The third kappa shape index (κ3) is 6.06. The minimum Gasteiger partial charge on any atom is -0.354 e. The van der Waals surface area contributed by atoms with Gasteiger partial charge in [0.15, 0.2) is 0 Å². The van der Waals surface area contributed by atoms with E-state index in [4.69, 9.17) is 16.7 Å². The number of carbonyl (C=O) groups is 2. The van der Waals surface area contributed by atoms with Crippen molar-refractivity contribution in [2.24, 2.45) is 5.14 Å². The molecule has 7 nitrogen and oxygen atoms in total. The number of benzene rings is 2. The number of sulfonamides is 1. The van der Waals surface area contributed by atoms with Crippen LogP contribution in [0, 0.1) is 0 Å². The van der Waals surface area contributed by atoms with E-state index < -0.39 is 22.0 Å². The van der Waals surface area contributed by atoms with Crippen molar-refractivity contribution in [3.05, 3.63) is 64.7 Å². The summed E-state index contributed by atoms with van der Waals surface area (Å²) in [5, 5.41) is 10.7. The van der Waals surface area contributed by atoms with Crippen LogP contribution in [-0.4, -0.2) is 32.8 Å². The van der Waals surface area contributed by atoms with Crippen molar-refractivity contribution < 1.29 is 18.0 Å². The van der Waals surface area contributed by atoms with Crippen molar-refractivity contribution >= 4 is 33.4 Å². The summed E-state index contributed by atoms with van der Waals surface area (Å²) in [6.07, 6.45) is 0.502. The number of amides is 2. The Hall–Kier alpha value is -2.42. The first kappa shape index (κ1) is 20.9. The monoisotopic (exact) mass is 409 g/mol. The van der Waals surface area contributed by atoms with Gasteiger partial charge in [0.1, 0.15) is 6.04 Å². The second-order valence-corrected chi connectivity index (χ2v) is 7.87. The van der Waals surface area contributed by atoms with Crippen molar-refractivity contribution in [3.63, 3.8) is 0 Å². The molecule has 0 fully saturated rings. The molecule has 0 aliphatic carbocycles. The Morgan fingerprint density at radius 1 is 1.11 bits per heavy atom. The van der Waals surface area contributed by atoms with Crippen molar-refractivity contribution in [2.75, 3.05) is 6.54 Å². The fourth-order valence-electron chi connectivity index (χ4n) is 2.31. The topological polar surface area (TPSA) is 118 Å². The van der Waals surface area contributed by atoms with Crippen LogP contribution in [0.3, 0.4) is 0 Å². The molecule has 2 amide bonds. The van der Waals surface area contributed by atoms with Crippen LogP contribution < -0.4 is 15.8 Å². The minimum absolute atomic E-state index is 0.0335. The molecule has 0 spiro atoms. The van der Waals surface area contributed by atoms with Gasteiger partial charge in [0.2, 0.25) is 15.9 Å². The summed E-state index contributed by atoms with van der Waals surface area (Å²) in [5.41, 5.74) is 1.14. The lowest BCUT2D eigenvalue weighted by Gasteiger charge is -2.14. The molecule has 2 aromatic carbocycles. The molecular formula is C18H20ClN3O4S. The summed E-state index contributed by atoms with van der Waals surface area (Å²) >= 11 is 5.97. The summed E-state index contributed by atoms with van der Waals surface area (Å²) < 4.78 is 22.4. The maximum atomic E-state index is 12.2. The van der Waals surface area contributed by atoms with Crippen molar-refractivity contribution in [1.82, 2.24) is 10.6 Å². The van der Waals surface area contributed by atoms with Gasteiger partial charge in [-0.3, -0.25) is 9.59 Å². The summed E-state index contributed by atoms with van der Waals surface area (Å²) in [4.78, 5) is 24.3. The van der Waals surface area contributed by atoms with Gasteiger partial charge in [-0.15, -0.1) is 0 Å². The molecule has 4 N–H and O–H groups in total. The first-order valence-electron chi connectivity index (χ1n) is 8.13. The molecule has 9 heteroatoms. The fraction of sp³-hybridized carbons (Fsp3) is 0.222. The Bertz CT molecular complexity index is 930. The van der Waals surface area contributed by atoms with Crippen LogP contribution in [0.15, 0.2) is 53.4 Å². The molecule has 1 atom stereocenters. The van der Waals surface area contributed by atoms with E-state index in [9.17, 15) is 18.0 Å². The van der Waals surface area contributed by atoms with Gasteiger partial charge < -0.3 is 10.6 Å². The predicted molar refractivity (Wildman–Crippen MR) is 103 cm³/mol. The van der Waals surface area contributed by atoms with Gasteiger partial charge in [-0.2, -0.15) is 0 Å². The van der Waals surface area contributed by atoms with E-state index in [2.05, 4.69) is 10.6 Å². The molecule has 2 rings (SSSR count). The van der Waals surface area contributed by atoms with Gasteiger partial charge in [0.05, 0.1) is 15.5 Å². The first-order chi connectivity index (χ1) is 12.7. The highest BCUT2D eigenvalue weighted by atomic mass is 35.5. The molecule has 0 saturated carbocycles. The number of nitrogens with two attached hydrogens (primary N) is 1. The highest BCUT2D eigenvalue weighted by molar-refractivity contribution is 7.89. The first-order valence-corrected chi connectivity index (χ1v) is 10.1. The van der Waals surface area contributed by atoms with E-state index >= 15 is 0 Å². The van der Waals surface area contributed by atoms with Crippen molar-refractivity contribution in [3.8, 4) is 0 Å². The van der Waals surface area contributed by atoms with Crippen LogP contribution in [0.4, 0.5) is 0 Å². The van der Waals surface area contributed by atoms with E-state index in [1.165, 1.54) is 12.1 Å². The second kappa shape index (κ2) is 8.98. The van der Waals surface area contributed by atoms with Gasteiger partial charge in [-0.25, -0.2) is 13.6 Å². The summed E-state index contributed by atoms with van der Waals surface area (Å²) in [7, 11) is -3.72. The summed E-state index contributed by atoms with van der Waals surface area (Å²) in [6, 6.07) is 11.9. The van der Waals surface area contributed by atoms with Crippen LogP contribution >= 0.6 is 11.6 Å². The third-order valence-corrected chi connectivity index (χ3v) is 5.08. The molecule has 144 valence electrons. The van der Waals surface area contributed by atoms with E-state index in [0.29, 0.717) is 23.6 Å². The Labute approximate surface area is 163 Å². The number of primary sulfonamides is 1. The lowest BCUT2D eigenvalue weighted by molar-refractivity contribution is -0.122. The van der Waals surface area contributed by atoms with Crippen molar-refractivity contribution in [1.29, 1.82) is 0 Å². The fourth-order valence-corrected chi connectivity index (χ4v) is 3.05. The molecule has 0 saturated heterocycles. The SMILES string of the molecule is C[C@@H](NC(=O)c1ccccc1Cl)C(=O)NCCc1ccc(S(N)(=O)=O)cc1. The highest BCUT2D eigenvalue weighted by Gasteiger charge is 2.17. The van der Waals surface area contributed by atoms with Gasteiger partial charge in [-0.05, 0) is 43.2 Å². The third-order valence-electron chi connectivity index (χ3n) is 3.82. The van der Waals surface area contributed by atoms with Gasteiger partial charge >= 0.3 is 0 Å². The van der Waals surface area contributed by atoms with Gasteiger partial charge in [-0.1, -0.05) is 35.9 Å². The van der Waals surface area contributed by atoms with Crippen LogP contribution in [0.1, 0.15) is 22.8 Å². The predicted octanol–water partition coefficient (Wildman–Crippen LogP) is 1.46. The van der Waals surface area contributed by atoms with E-state index in [1.807, 2.05) is 0 Å². The number of carbonyl (C=O) groups excluding carboxylic acids is 2. The summed E-state index contributed by atoms with van der Waals surface area (Å²) in [5.74, 6) is -0.765. The zero-order chi connectivity index (χ0) is 20.0. The van der Waals surface area contributed by atoms with Crippen LogP contribution in [0.5, 0.6) is 0 Å². The largest absolute Gasteiger partial charge is 0.354 e. The zero-order valence-electron chi connectivity index (χ0n) is 14.6. The zero-order valence-corrected chi connectivity index (χ0v) is 16.2. The van der Waals surface area contributed by atoms with Crippen LogP contribution in [0.2, 0.25) is 5.02 Å². The molecule has 0 unspecified atom stereocenters. The Balaban J connectivity index is 1.83. The van der Waals surface area contributed by atoms with E-state index in [-0.39, 0.29) is 10.8 Å². The highest BCUT2D eigenvalue weighted by Crippen LogP contribution is 2.14. The number of nitrogens with one attached hydrogen (secondary N) is 2. The normalized spacial score (nSPS) is 12.3. The standard InChI is InChI=1S/C18H20ClN3O4S/c1-12(22-18(24)15-4-2-3-5-16(15)19)17(23)21-11-10-13-6-8-14(9-7-13)27(20,25)26/h2-9,12H,10-11H2,1H3,(H,21,23)(H,22,24)(H2,20,25,26)/t12-/m1/s1. The molecule has 2 aromatic rings. The van der Waals surface area contributed by atoms with E-state index in [1.54, 1.807) is 43.3 Å². The average Bonchev–Trinajstić information content (AvgIpc) is 2.61. The lowest BCUT2D eigenvalue weighted by Crippen LogP contribution is -2.45. The maximum absolute atomic E-state index is 12.2. The number of hydrogen-bond acceptors (Lipinski definition) is 4. The molecule has 0 heterocycles. The molecule has 0 bridgehead atoms. The Morgan fingerprint density at radius 2 is 1.74 bits per heavy atom. The van der Waals surface area contributed by atoms with Crippen LogP contribution in [-0.2, 0) is 21.2 Å². The Kier molecular flexibility index (Phi) is 6.95. The number of hydrogen-bond donors (Lipinski definition) is 3. The van der Waals surface area contributed by atoms with Gasteiger partial charge in [0, 0.05) is 6.54 Å². The number of rotatable bonds is 7. The molecule has 0 radical (unpaired) electrons. The second-order valence-electron chi connectivity index (χ2n) is 5.90. The minimum atomic E-state index is -3.72. The molecule has 0 aromatic heterocycles. The molecular weight excluding hydrogens is 390 g/mol. The average molecular weight is 410 g/mol. The molecule has 0 aliphatic heterocycles. The Morgan fingerprint density at radius 3 is 2.33 bits per heavy atom. The van der Waals surface area contributed by atoms with Crippen molar-refractivity contribution in [2.45, 2.75) is 24.3 Å². The molecule has 27 heavy (non-hydrogen) atoms. The smallest absolute Gasteiger partial charge is 0.253 e. The molecule has 0 aliphatic rings. The van der Waals surface area contributed by atoms with E-state index in [0.717, 1.165) is 5.56 Å².